The number of aromatic amines is 1. The molecule has 1 aromatic rings. The lowest BCUT2D eigenvalue weighted by molar-refractivity contribution is -0.120. The third-order valence-electron chi connectivity index (χ3n) is 3.73. The molecule has 114 valence electrons. The summed E-state index contributed by atoms with van der Waals surface area (Å²) in [6, 6.07) is 1.75. The summed E-state index contributed by atoms with van der Waals surface area (Å²) in [7, 11) is 0. The molecule has 0 radical (unpaired) electrons. The topological polar surface area (TPSA) is 62.0 Å². The minimum atomic E-state index is -0.205. The van der Waals surface area contributed by atoms with Crippen molar-refractivity contribution in [2.24, 2.45) is 0 Å². The van der Waals surface area contributed by atoms with Crippen LogP contribution in [-0.4, -0.2) is 17.4 Å². The third kappa shape index (κ3) is 5.16. The third-order valence-corrected chi connectivity index (χ3v) is 4.60. The lowest BCUT2D eigenvalue weighted by Crippen LogP contribution is -2.27. The number of hydrogen-bond donors (Lipinski definition) is 2. The van der Waals surface area contributed by atoms with Gasteiger partial charge >= 0.3 is 0 Å². The van der Waals surface area contributed by atoms with Crippen molar-refractivity contribution < 1.29 is 4.79 Å². The average molecular weight is 353 g/mol. The van der Waals surface area contributed by atoms with E-state index in [0.717, 1.165) is 12.8 Å². The summed E-state index contributed by atoms with van der Waals surface area (Å²) in [4.78, 5) is 25.9. The monoisotopic (exact) mass is 352 g/mol. The van der Waals surface area contributed by atoms with Gasteiger partial charge in [0.1, 0.15) is 0 Å². The van der Waals surface area contributed by atoms with Crippen LogP contribution in [-0.2, 0) is 11.2 Å². The molecule has 1 aliphatic carbocycles. The molecule has 0 saturated carbocycles. The van der Waals surface area contributed by atoms with Crippen molar-refractivity contribution in [2.75, 3.05) is 6.54 Å². The van der Waals surface area contributed by atoms with E-state index in [1.807, 2.05) is 0 Å². The molecule has 5 heteroatoms. The van der Waals surface area contributed by atoms with Crippen LogP contribution in [0.4, 0.5) is 0 Å². The number of nitrogens with one attached hydrogen (secondary N) is 2. The maximum absolute atomic E-state index is 11.9. The Labute approximate surface area is 133 Å². The number of allylic oxidation sites excluding steroid dienone is 1. The van der Waals surface area contributed by atoms with Crippen LogP contribution >= 0.6 is 15.9 Å². The van der Waals surface area contributed by atoms with Crippen LogP contribution in [0.1, 0.15) is 44.1 Å². The van der Waals surface area contributed by atoms with E-state index in [-0.39, 0.29) is 17.9 Å². The first-order chi connectivity index (χ1) is 10.2. The number of carbonyl (C=O) groups is 1. The van der Waals surface area contributed by atoms with Crippen LogP contribution < -0.4 is 10.9 Å². The van der Waals surface area contributed by atoms with E-state index in [0.29, 0.717) is 16.6 Å². The number of pyridine rings is 1. The van der Waals surface area contributed by atoms with Gasteiger partial charge < -0.3 is 10.3 Å². The van der Waals surface area contributed by atoms with Gasteiger partial charge in [-0.3, -0.25) is 9.59 Å². The van der Waals surface area contributed by atoms with Crippen molar-refractivity contribution in [3.05, 3.63) is 44.3 Å². The fraction of sp³-hybridized carbons (Fsp3) is 0.500. The van der Waals surface area contributed by atoms with E-state index < -0.39 is 0 Å². The van der Waals surface area contributed by atoms with Crippen LogP contribution in [0.25, 0.3) is 0 Å². The van der Waals surface area contributed by atoms with Crippen molar-refractivity contribution in [2.45, 2.75) is 44.9 Å². The van der Waals surface area contributed by atoms with Crippen molar-refractivity contribution >= 4 is 21.8 Å². The minimum absolute atomic E-state index is 0.0458. The molecule has 0 saturated heterocycles. The lowest BCUT2D eigenvalue weighted by atomic mass is 10.1. The van der Waals surface area contributed by atoms with Crippen LogP contribution in [0.2, 0.25) is 0 Å². The quantitative estimate of drug-likeness (QED) is 0.800. The molecule has 2 rings (SSSR count). The van der Waals surface area contributed by atoms with Gasteiger partial charge in [0.2, 0.25) is 5.91 Å². The summed E-state index contributed by atoms with van der Waals surface area (Å²) in [6.07, 6.45) is 11.2. The highest BCUT2D eigenvalue weighted by Crippen LogP contribution is 2.19. The van der Waals surface area contributed by atoms with Gasteiger partial charge in [0.25, 0.3) is 5.56 Å². The Bertz CT molecular complexity index is 578. The number of carbonyl (C=O) groups excluding carboxylic acids is 1. The van der Waals surface area contributed by atoms with Crippen molar-refractivity contribution in [3.8, 4) is 0 Å². The molecule has 2 N–H and O–H groups in total. The van der Waals surface area contributed by atoms with Gasteiger partial charge in [-0.05, 0) is 59.7 Å². The Hall–Kier alpha value is -1.36. The van der Waals surface area contributed by atoms with E-state index in [4.69, 9.17) is 0 Å². The standard InChI is InChI=1S/C16H21BrN2O2/c17-15-13(8-10-19-16(15)21)11-14(20)18-9-7-12-5-3-1-2-4-6-12/h5,8,10H,1-4,6-7,9,11H2,(H,18,20)(H,19,21). The Balaban J connectivity index is 1.78. The van der Waals surface area contributed by atoms with E-state index in [9.17, 15) is 9.59 Å². The number of hydrogen-bond acceptors (Lipinski definition) is 2. The first-order valence-corrected chi connectivity index (χ1v) is 8.27. The molecule has 1 aromatic heterocycles. The summed E-state index contributed by atoms with van der Waals surface area (Å²) in [6.45, 7) is 0.672. The lowest BCUT2D eigenvalue weighted by Gasteiger charge is -2.08. The molecule has 0 aromatic carbocycles. The summed E-state index contributed by atoms with van der Waals surface area (Å²) in [5, 5.41) is 2.93. The molecule has 0 atom stereocenters. The average Bonchev–Trinajstić information content (AvgIpc) is 2.73. The summed E-state index contributed by atoms with van der Waals surface area (Å²) in [5.41, 5.74) is 1.97. The van der Waals surface area contributed by atoms with Crippen LogP contribution in [0.3, 0.4) is 0 Å². The van der Waals surface area contributed by atoms with E-state index >= 15 is 0 Å². The smallest absolute Gasteiger partial charge is 0.262 e. The van der Waals surface area contributed by atoms with Crippen LogP contribution in [0.15, 0.2) is 33.2 Å². The van der Waals surface area contributed by atoms with Crippen molar-refractivity contribution in [1.82, 2.24) is 10.3 Å². The molecule has 1 aliphatic rings. The normalized spacial score (nSPS) is 15.2. The molecule has 0 aliphatic heterocycles. The van der Waals surface area contributed by atoms with Gasteiger partial charge in [-0.25, -0.2) is 0 Å². The molecule has 21 heavy (non-hydrogen) atoms. The number of H-pyrrole nitrogens is 1. The van der Waals surface area contributed by atoms with Crippen molar-refractivity contribution in [3.63, 3.8) is 0 Å². The zero-order valence-corrected chi connectivity index (χ0v) is 13.7. The number of halogens is 1. The van der Waals surface area contributed by atoms with Crippen LogP contribution in [0.5, 0.6) is 0 Å². The van der Waals surface area contributed by atoms with Gasteiger partial charge in [-0.15, -0.1) is 0 Å². The maximum Gasteiger partial charge on any atom is 0.262 e. The number of amides is 1. The van der Waals surface area contributed by atoms with Gasteiger partial charge in [-0.2, -0.15) is 0 Å². The molecule has 0 bridgehead atoms. The molecule has 4 nitrogen and oxygen atoms in total. The SMILES string of the molecule is O=C(Cc1cc[nH]c(=O)c1Br)NCCC1=CCCCCC1. The number of aromatic nitrogens is 1. The first-order valence-electron chi connectivity index (χ1n) is 7.47. The molecular weight excluding hydrogens is 332 g/mol. The number of rotatable bonds is 5. The predicted molar refractivity (Wildman–Crippen MR) is 87.3 cm³/mol. The molecule has 0 fully saturated rings. The fourth-order valence-corrected chi connectivity index (χ4v) is 2.93. The van der Waals surface area contributed by atoms with Gasteiger partial charge in [0, 0.05) is 12.7 Å². The second-order valence-electron chi connectivity index (χ2n) is 5.38. The maximum atomic E-state index is 11.9. The van der Waals surface area contributed by atoms with E-state index in [1.54, 1.807) is 12.3 Å². The zero-order valence-electron chi connectivity index (χ0n) is 12.1. The van der Waals surface area contributed by atoms with E-state index in [1.165, 1.54) is 31.3 Å². The zero-order chi connectivity index (χ0) is 15.1. The van der Waals surface area contributed by atoms with Crippen LogP contribution in [0, 0.1) is 0 Å². The molecule has 1 amide bonds. The minimum Gasteiger partial charge on any atom is -0.355 e. The first kappa shape index (κ1) is 16.0. The highest BCUT2D eigenvalue weighted by atomic mass is 79.9. The fourth-order valence-electron chi connectivity index (χ4n) is 2.54. The highest BCUT2D eigenvalue weighted by Gasteiger charge is 2.09. The Morgan fingerprint density at radius 3 is 3.05 bits per heavy atom. The van der Waals surface area contributed by atoms with E-state index in [2.05, 4.69) is 32.3 Å². The Kier molecular flexibility index (Phi) is 6.23. The summed E-state index contributed by atoms with van der Waals surface area (Å²) >= 11 is 3.22. The molecular formula is C16H21BrN2O2. The Morgan fingerprint density at radius 1 is 1.33 bits per heavy atom. The molecule has 0 spiro atoms. The molecule has 1 heterocycles. The van der Waals surface area contributed by atoms with Gasteiger partial charge in [-0.1, -0.05) is 18.1 Å². The van der Waals surface area contributed by atoms with Gasteiger partial charge in [0.05, 0.1) is 10.9 Å². The second-order valence-corrected chi connectivity index (χ2v) is 6.18. The van der Waals surface area contributed by atoms with Crippen molar-refractivity contribution in [1.29, 1.82) is 0 Å². The largest absolute Gasteiger partial charge is 0.355 e. The Morgan fingerprint density at radius 2 is 2.19 bits per heavy atom. The summed E-state index contributed by atoms with van der Waals surface area (Å²) < 4.78 is 0.437. The molecule has 0 unspecified atom stereocenters. The summed E-state index contributed by atoms with van der Waals surface area (Å²) in [5.74, 6) is -0.0458. The predicted octanol–water partition coefficient (Wildman–Crippen LogP) is 3.08. The second kappa shape index (κ2) is 8.17. The van der Waals surface area contributed by atoms with Gasteiger partial charge in [0.15, 0.2) is 0 Å². The highest BCUT2D eigenvalue weighted by molar-refractivity contribution is 9.10.